The van der Waals surface area contributed by atoms with Gasteiger partial charge in [-0.3, -0.25) is 4.79 Å². The van der Waals surface area contributed by atoms with Crippen LogP contribution < -0.4 is 4.74 Å². The van der Waals surface area contributed by atoms with Gasteiger partial charge in [0.25, 0.3) is 0 Å². The number of nitrogens with zero attached hydrogens (tertiary/aromatic N) is 1. The number of likely N-dealkylation sites (tertiary alicyclic amines) is 1. The fourth-order valence-corrected chi connectivity index (χ4v) is 7.03. The molecule has 4 atom stereocenters. The predicted molar refractivity (Wildman–Crippen MR) is 112 cm³/mol. The molecule has 5 heteroatoms. The largest absolute Gasteiger partial charge is 0.504 e. The van der Waals surface area contributed by atoms with E-state index in [2.05, 4.69) is 24.1 Å². The van der Waals surface area contributed by atoms with Crippen LogP contribution in [0.25, 0.3) is 0 Å². The Kier molecular flexibility index (Phi) is 3.60. The lowest BCUT2D eigenvalue weighted by Crippen LogP contribution is -2.80. The van der Waals surface area contributed by atoms with Crippen molar-refractivity contribution in [3.63, 3.8) is 0 Å². The third kappa shape index (κ3) is 1.94. The van der Waals surface area contributed by atoms with Crippen molar-refractivity contribution >= 4 is 5.78 Å². The zero-order chi connectivity index (χ0) is 20.7. The number of phenols is 1. The van der Waals surface area contributed by atoms with Crippen LogP contribution in [0.15, 0.2) is 42.5 Å². The smallest absolute Gasteiger partial charge is 0.177 e. The molecule has 0 amide bonds. The molecule has 2 heterocycles. The number of carbonyl (C=O) groups is 1. The van der Waals surface area contributed by atoms with Gasteiger partial charge in [-0.05, 0) is 57.0 Å². The van der Waals surface area contributed by atoms with Gasteiger partial charge in [-0.1, -0.05) is 36.4 Å². The van der Waals surface area contributed by atoms with Gasteiger partial charge in [0.2, 0.25) is 0 Å². The van der Waals surface area contributed by atoms with Crippen LogP contribution in [0.1, 0.15) is 42.9 Å². The molecule has 156 valence electrons. The topological polar surface area (TPSA) is 59.0 Å². The highest BCUT2D eigenvalue weighted by Gasteiger charge is 2.78. The van der Waals surface area contributed by atoms with Gasteiger partial charge in [0.05, 0.1) is 17.6 Å². The molecule has 2 bridgehead atoms. The van der Waals surface area contributed by atoms with E-state index in [0.29, 0.717) is 25.2 Å². The fraction of sp³-hybridized carbons (Fsp3) is 0.480. The molecular formula is C25H27NO4. The Bertz CT molecular complexity index is 1050. The monoisotopic (exact) mass is 405 g/mol. The summed E-state index contributed by atoms with van der Waals surface area (Å²) in [5.74, 6) is 0.745. The summed E-state index contributed by atoms with van der Waals surface area (Å²) in [4.78, 5) is 15.8. The maximum atomic E-state index is 13.4. The van der Waals surface area contributed by atoms with Crippen molar-refractivity contribution in [2.75, 3.05) is 13.6 Å². The zero-order valence-electron chi connectivity index (χ0n) is 17.5. The molecule has 2 aliphatic carbocycles. The summed E-state index contributed by atoms with van der Waals surface area (Å²) >= 11 is 0. The Balaban J connectivity index is 1.59. The number of aromatic hydroxyl groups is 1. The summed E-state index contributed by atoms with van der Waals surface area (Å²) in [6.07, 6.45) is 2.73. The molecular weight excluding hydrogens is 378 g/mol. The fourth-order valence-electron chi connectivity index (χ4n) is 7.03. The molecule has 30 heavy (non-hydrogen) atoms. The minimum absolute atomic E-state index is 0.119. The minimum atomic E-state index is -1.02. The summed E-state index contributed by atoms with van der Waals surface area (Å²) in [6, 6.07) is 14.1. The van der Waals surface area contributed by atoms with Gasteiger partial charge >= 0.3 is 0 Å². The quantitative estimate of drug-likeness (QED) is 0.849. The van der Waals surface area contributed by atoms with Crippen molar-refractivity contribution in [1.29, 1.82) is 0 Å². The van der Waals surface area contributed by atoms with E-state index in [1.165, 1.54) is 5.56 Å². The lowest BCUT2D eigenvalue weighted by molar-refractivity contribution is -0.232. The SMILES string of the molecule is CN1CC[C@]23c4c5ccc(O)c4O[C@@]2(C)C(=O)CC[C@@]3(OCc2ccccc2)[C@H]1C5. The molecule has 2 aromatic carbocycles. The summed E-state index contributed by atoms with van der Waals surface area (Å²) < 4.78 is 13.4. The van der Waals surface area contributed by atoms with Crippen molar-refractivity contribution in [3.05, 3.63) is 59.2 Å². The number of hydrogen-bond acceptors (Lipinski definition) is 5. The first kappa shape index (κ1) is 18.4. The van der Waals surface area contributed by atoms with Crippen molar-refractivity contribution in [2.24, 2.45) is 0 Å². The molecule has 1 N–H and O–H groups in total. The second kappa shape index (κ2) is 5.86. The molecule has 2 fully saturated rings. The number of hydrogen-bond donors (Lipinski definition) is 1. The first-order valence-corrected chi connectivity index (χ1v) is 10.9. The number of Topliss-reactive ketones (excluding diaryl/α,β-unsaturated/α-hetero) is 1. The summed E-state index contributed by atoms with van der Waals surface area (Å²) in [7, 11) is 2.17. The van der Waals surface area contributed by atoms with Crippen LogP contribution in [0.5, 0.6) is 11.5 Å². The van der Waals surface area contributed by atoms with E-state index in [-0.39, 0.29) is 17.6 Å². The van der Waals surface area contributed by atoms with E-state index >= 15 is 0 Å². The lowest BCUT2D eigenvalue weighted by Gasteiger charge is -2.66. The molecule has 1 saturated carbocycles. The molecule has 1 saturated heterocycles. The van der Waals surface area contributed by atoms with Crippen LogP contribution in [0, 0.1) is 0 Å². The maximum Gasteiger partial charge on any atom is 0.177 e. The molecule has 0 aromatic heterocycles. The Morgan fingerprint density at radius 2 is 2.00 bits per heavy atom. The summed E-state index contributed by atoms with van der Waals surface area (Å²) in [5, 5.41) is 10.7. The van der Waals surface area contributed by atoms with Gasteiger partial charge in [0.15, 0.2) is 22.9 Å². The number of ether oxygens (including phenoxy) is 2. The lowest BCUT2D eigenvalue weighted by atomic mass is 9.45. The van der Waals surface area contributed by atoms with E-state index < -0.39 is 16.6 Å². The molecule has 0 radical (unpaired) electrons. The van der Waals surface area contributed by atoms with Gasteiger partial charge in [0, 0.05) is 18.0 Å². The zero-order valence-corrected chi connectivity index (χ0v) is 17.5. The number of piperidine rings is 1. The number of rotatable bonds is 3. The molecule has 2 aromatic rings. The van der Waals surface area contributed by atoms with Crippen LogP contribution in [0.2, 0.25) is 0 Å². The average molecular weight is 405 g/mol. The van der Waals surface area contributed by atoms with E-state index in [1.807, 2.05) is 31.2 Å². The van der Waals surface area contributed by atoms with Crippen molar-refractivity contribution < 1.29 is 19.4 Å². The van der Waals surface area contributed by atoms with Crippen LogP contribution in [0.3, 0.4) is 0 Å². The van der Waals surface area contributed by atoms with Crippen LogP contribution in [0.4, 0.5) is 0 Å². The van der Waals surface area contributed by atoms with Gasteiger partial charge in [-0.25, -0.2) is 0 Å². The van der Waals surface area contributed by atoms with Crippen LogP contribution >= 0.6 is 0 Å². The second-order valence-corrected chi connectivity index (χ2v) is 9.53. The van der Waals surface area contributed by atoms with E-state index in [1.54, 1.807) is 6.07 Å². The highest BCUT2D eigenvalue weighted by atomic mass is 16.5. The first-order chi connectivity index (χ1) is 14.4. The van der Waals surface area contributed by atoms with Gasteiger partial charge in [-0.15, -0.1) is 0 Å². The van der Waals surface area contributed by atoms with Gasteiger partial charge in [0.1, 0.15) is 0 Å². The standard InChI is InChI=1S/C25H27NO4/c1-23-20(28)10-11-25(29-15-16-6-4-3-5-7-16)19-14-17-8-9-18(27)22(30-23)21(17)24(23,25)12-13-26(19)2/h3-9,19,27H,10-15H2,1-2H3/t19-,23+,24+,25-/m1/s1. The van der Waals surface area contributed by atoms with Crippen LogP contribution in [-0.2, 0) is 28.0 Å². The minimum Gasteiger partial charge on any atom is -0.504 e. The predicted octanol–water partition coefficient (Wildman–Crippen LogP) is 3.36. The van der Waals surface area contributed by atoms with Crippen molar-refractivity contribution in [3.8, 4) is 11.5 Å². The molecule has 1 spiro atoms. The molecule has 5 nitrogen and oxygen atoms in total. The third-order valence-electron chi connectivity index (χ3n) is 8.41. The average Bonchev–Trinajstić information content (AvgIpc) is 3.04. The number of benzene rings is 2. The molecule has 0 unspecified atom stereocenters. The molecule has 6 rings (SSSR count). The summed E-state index contributed by atoms with van der Waals surface area (Å²) in [5.41, 5.74) is 1.20. The molecule has 2 aliphatic heterocycles. The highest BCUT2D eigenvalue weighted by Crippen LogP contribution is 2.69. The van der Waals surface area contributed by atoms with E-state index in [9.17, 15) is 9.90 Å². The van der Waals surface area contributed by atoms with Crippen molar-refractivity contribution in [1.82, 2.24) is 4.90 Å². The summed E-state index contributed by atoms with van der Waals surface area (Å²) in [6.45, 7) is 3.31. The third-order valence-corrected chi connectivity index (χ3v) is 8.41. The van der Waals surface area contributed by atoms with Crippen LogP contribution in [-0.4, -0.2) is 46.6 Å². The number of carbonyl (C=O) groups excluding carboxylic acids is 1. The second-order valence-electron chi connectivity index (χ2n) is 9.53. The van der Waals surface area contributed by atoms with E-state index in [4.69, 9.17) is 9.47 Å². The number of likely N-dealkylation sites (N-methyl/N-ethyl adjacent to an activating group) is 1. The van der Waals surface area contributed by atoms with Crippen molar-refractivity contribution in [2.45, 2.75) is 61.9 Å². The Hall–Kier alpha value is -2.37. The maximum absolute atomic E-state index is 13.4. The first-order valence-electron chi connectivity index (χ1n) is 10.9. The normalized spacial score (nSPS) is 36.3. The van der Waals surface area contributed by atoms with Gasteiger partial charge in [-0.2, -0.15) is 0 Å². The molecule has 4 aliphatic rings. The van der Waals surface area contributed by atoms with E-state index in [0.717, 1.165) is 30.5 Å². The van der Waals surface area contributed by atoms with Gasteiger partial charge < -0.3 is 19.5 Å². The Morgan fingerprint density at radius 1 is 1.20 bits per heavy atom. The highest BCUT2D eigenvalue weighted by molar-refractivity contribution is 5.94. The number of phenolic OH excluding ortho intramolecular Hbond substituents is 1. The number of ketones is 1. The Morgan fingerprint density at radius 3 is 2.80 bits per heavy atom. The Labute approximate surface area is 176 Å².